The van der Waals surface area contributed by atoms with Gasteiger partial charge in [-0.15, -0.1) is 0 Å². The van der Waals surface area contributed by atoms with E-state index in [0.717, 1.165) is 36.5 Å². The number of aliphatic hydroxyl groups excluding tert-OH is 1. The first-order valence-corrected chi connectivity index (χ1v) is 7.68. The van der Waals surface area contributed by atoms with Crippen molar-refractivity contribution in [2.45, 2.75) is 44.6 Å². The zero-order valence-electron chi connectivity index (χ0n) is 10.4. The number of aryl methyl sites for hydroxylation is 1. The van der Waals surface area contributed by atoms with Crippen molar-refractivity contribution in [2.75, 3.05) is 11.5 Å². The molecule has 1 aliphatic rings. The van der Waals surface area contributed by atoms with Gasteiger partial charge in [-0.05, 0) is 48.8 Å². The minimum absolute atomic E-state index is 0.219. The molecule has 1 aromatic heterocycles. The zero-order chi connectivity index (χ0) is 12.1. The van der Waals surface area contributed by atoms with Crippen LogP contribution in [0.4, 0.5) is 0 Å². The molecule has 2 atom stereocenters. The second kappa shape index (κ2) is 6.41. The highest BCUT2D eigenvalue weighted by atomic mass is 32.2. The summed E-state index contributed by atoms with van der Waals surface area (Å²) in [7, 11) is 0. The van der Waals surface area contributed by atoms with Crippen LogP contribution >= 0.6 is 11.8 Å². The Bertz CT molecular complexity index is 356. The molecule has 0 spiro atoms. The second-order valence-electron chi connectivity index (χ2n) is 4.60. The molecule has 2 nitrogen and oxygen atoms in total. The molecule has 94 valence electrons. The molecule has 0 aromatic carbocycles. The van der Waals surface area contributed by atoms with E-state index in [9.17, 15) is 5.11 Å². The van der Waals surface area contributed by atoms with Crippen LogP contribution in [0.1, 0.15) is 43.4 Å². The first-order valence-electron chi connectivity index (χ1n) is 6.52. The van der Waals surface area contributed by atoms with Crippen molar-refractivity contribution >= 4 is 11.8 Å². The van der Waals surface area contributed by atoms with E-state index in [-0.39, 0.29) is 12.0 Å². The number of aliphatic hydroxyl groups is 1. The summed E-state index contributed by atoms with van der Waals surface area (Å²) in [5.74, 6) is 2.44. The Morgan fingerprint density at radius 3 is 3.29 bits per heavy atom. The van der Waals surface area contributed by atoms with Gasteiger partial charge in [0.2, 0.25) is 0 Å². The molecule has 0 bridgehead atoms. The molecule has 2 rings (SSSR count). The quantitative estimate of drug-likeness (QED) is 0.817. The third kappa shape index (κ3) is 3.23. The number of nitrogens with zero attached hydrogens (tertiary/aromatic N) is 1. The Morgan fingerprint density at radius 2 is 2.47 bits per heavy atom. The van der Waals surface area contributed by atoms with Gasteiger partial charge in [0.05, 0.1) is 6.10 Å². The smallest absolute Gasteiger partial charge is 0.0631 e. The van der Waals surface area contributed by atoms with Crippen LogP contribution in [0.15, 0.2) is 18.3 Å². The van der Waals surface area contributed by atoms with Crippen molar-refractivity contribution in [1.82, 2.24) is 4.98 Å². The van der Waals surface area contributed by atoms with Crippen LogP contribution in [-0.2, 0) is 6.42 Å². The second-order valence-corrected chi connectivity index (χ2v) is 5.99. The predicted molar refractivity (Wildman–Crippen MR) is 73.5 cm³/mol. The minimum Gasteiger partial charge on any atom is -0.392 e. The lowest BCUT2D eigenvalue weighted by Gasteiger charge is -2.28. The topological polar surface area (TPSA) is 33.1 Å². The first kappa shape index (κ1) is 12.9. The Hall–Kier alpha value is -0.540. The molecule has 0 radical (unpaired) electrons. The largest absolute Gasteiger partial charge is 0.392 e. The maximum Gasteiger partial charge on any atom is 0.0631 e. The van der Waals surface area contributed by atoms with Crippen LogP contribution in [0, 0.1) is 0 Å². The van der Waals surface area contributed by atoms with Gasteiger partial charge in [0.1, 0.15) is 0 Å². The van der Waals surface area contributed by atoms with E-state index in [1.807, 2.05) is 24.0 Å². The SMILES string of the molecule is CCSCCC(O)C1CCCc2cccnc21. The summed E-state index contributed by atoms with van der Waals surface area (Å²) in [5, 5.41) is 10.3. The Labute approximate surface area is 108 Å². The summed E-state index contributed by atoms with van der Waals surface area (Å²) in [6.07, 6.45) is 5.91. The lowest BCUT2D eigenvalue weighted by molar-refractivity contribution is 0.129. The van der Waals surface area contributed by atoms with Crippen LogP contribution < -0.4 is 0 Å². The number of rotatable bonds is 5. The van der Waals surface area contributed by atoms with Crippen LogP contribution in [-0.4, -0.2) is 27.7 Å². The van der Waals surface area contributed by atoms with E-state index in [1.54, 1.807) is 0 Å². The molecule has 3 heteroatoms. The van der Waals surface area contributed by atoms with Crippen molar-refractivity contribution in [1.29, 1.82) is 0 Å². The summed E-state index contributed by atoms with van der Waals surface area (Å²) >= 11 is 1.90. The molecule has 1 N–H and O–H groups in total. The van der Waals surface area contributed by atoms with Crippen molar-refractivity contribution < 1.29 is 5.11 Å². The standard InChI is InChI=1S/C14H21NOS/c1-2-17-10-8-13(16)12-7-3-5-11-6-4-9-15-14(11)12/h4,6,9,12-13,16H,2-3,5,7-8,10H2,1H3. The summed E-state index contributed by atoms with van der Waals surface area (Å²) in [5.41, 5.74) is 2.48. The summed E-state index contributed by atoms with van der Waals surface area (Å²) < 4.78 is 0. The van der Waals surface area contributed by atoms with E-state index in [0.29, 0.717) is 0 Å². The van der Waals surface area contributed by atoms with Gasteiger partial charge in [0.15, 0.2) is 0 Å². The average molecular weight is 251 g/mol. The summed E-state index contributed by atoms with van der Waals surface area (Å²) in [6, 6.07) is 4.16. The molecule has 0 fully saturated rings. The molecule has 2 unspecified atom stereocenters. The Kier molecular flexibility index (Phi) is 4.86. The minimum atomic E-state index is -0.219. The fraction of sp³-hybridized carbons (Fsp3) is 0.643. The Balaban J connectivity index is 2.02. The van der Waals surface area contributed by atoms with Gasteiger partial charge >= 0.3 is 0 Å². The molecule has 1 heterocycles. The van der Waals surface area contributed by atoms with Gasteiger partial charge in [-0.25, -0.2) is 0 Å². The van der Waals surface area contributed by atoms with Crippen LogP contribution in [0.2, 0.25) is 0 Å². The molecule has 0 saturated carbocycles. The van der Waals surface area contributed by atoms with Crippen LogP contribution in [0.3, 0.4) is 0 Å². The summed E-state index contributed by atoms with van der Waals surface area (Å²) in [4.78, 5) is 4.48. The monoisotopic (exact) mass is 251 g/mol. The Morgan fingerprint density at radius 1 is 1.59 bits per heavy atom. The lowest BCUT2D eigenvalue weighted by atomic mass is 9.82. The molecule has 0 aliphatic heterocycles. The van der Waals surface area contributed by atoms with E-state index in [1.165, 1.54) is 12.0 Å². The maximum absolute atomic E-state index is 10.3. The maximum atomic E-state index is 10.3. The molecule has 0 saturated heterocycles. The van der Waals surface area contributed by atoms with Gasteiger partial charge in [-0.1, -0.05) is 13.0 Å². The number of fused-ring (bicyclic) bond motifs is 1. The summed E-state index contributed by atoms with van der Waals surface area (Å²) in [6.45, 7) is 2.16. The lowest BCUT2D eigenvalue weighted by Crippen LogP contribution is -2.24. The third-order valence-corrected chi connectivity index (χ3v) is 4.40. The molecule has 1 aliphatic carbocycles. The zero-order valence-corrected chi connectivity index (χ0v) is 11.2. The molecular weight excluding hydrogens is 230 g/mol. The van der Waals surface area contributed by atoms with E-state index >= 15 is 0 Å². The van der Waals surface area contributed by atoms with Gasteiger partial charge in [-0.3, -0.25) is 4.98 Å². The molecule has 17 heavy (non-hydrogen) atoms. The van der Waals surface area contributed by atoms with Crippen molar-refractivity contribution in [3.63, 3.8) is 0 Å². The van der Waals surface area contributed by atoms with Crippen molar-refractivity contribution in [3.05, 3.63) is 29.6 Å². The van der Waals surface area contributed by atoms with Crippen LogP contribution in [0.25, 0.3) is 0 Å². The first-order chi connectivity index (χ1) is 8.33. The molecular formula is C14H21NOS. The molecule has 1 aromatic rings. The normalized spacial score (nSPS) is 20.9. The van der Waals surface area contributed by atoms with E-state index < -0.39 is 0 Å². The predicted octanol–water partition coefficient (Wildman–Crippen LogP) is 3.01. The van der Waals surface area contributed by atoms with Crippen LogP contribution in [0.5, 0.6) is 0 Å². The third-order valence-electron chi connectivity index (χ3n) is 3.47. The van der Waals surface area contributed by atoms with Gasteiger partial charge in [0.25, 0.3) is 0 Å². The number of thioether (sulfide) groups is 1. The fourth-order valence-corrected chi connectivity index (χ4v) is 3.27. The van der Waals surface area contributed by atoms with Crippen molar-refractivity contribution in [3.8, 4) is 0 Å². The highest BCUT2D eigenvalue weighted by Crippen LogP contribution is 2.33. The highest BCUT2D eigenvalue weighted by Gasteiger charge is 2.27. The number of hydrogen-bond acceptors (Lipinski definition) is 3. The molecule has 0 amide bonds. The average Bonchev–Trinajstić information content (AvgIpc) is 2.38. The van der Waals surface area contributed by atoms with Gasteiger partial charge < -0.3 is 5.11 Å². The number of pyridine rings is 1. The van der Waals surface area contributed by atoms with Crippen molar-refractivity contribution in [2.24, 2.45) is 0 Å². The fourth-order valence-electron chi connectivity index (χ4n) is 2.57. The number of aromatic nitrogens is 1. The van der Waals surface area contributed by atoms with Gasteiger partial charge in [0, 0.05) is 17.8 Å². The van der Waals surface area contributed by atoms with E-state index in [4.69, 9.17) is 0 Å². The highest BCUT2D eigenvalue weighted by molar-refractivity contribution is 7.99. The van der Waals surface area contributed by atoms with E-state index in [2.05, 4.69) is 18.0 Å². The number of hydrogen-bond donors (Lipinski definition) is 1. The van der Waals surface area contributed by atoms with Gasteiger partial charge in [-0.2, -0.15) is 11.8 Å².